The standard InChI is InChI=1S/C11H14OS.C7H12/c12-9-5-2-6-10-13-11-7-3-1-4-8-11;1-7-5-3-2-4-6-7/h1,3-4,7-9H,2,5-6,10H2;5H,2-4,6H2,1H3. The van der Waals surface area contributed by atoms with Crippen LogP contribution in [0.2, 0.25) is 0 Å². The van der Waals surface area contributed by atoms with E-state index < -0.39 is 0 Å². The number of thioether (sulfide) groups is 1. The Morgan fingerprint density at radius 2 is 1.95 bits per heavy atom. The number of aldehydes is 1. The van der Waals surface area contributed by atoms with Gasteiger partial charge in [-0.15, -0.1) is 11.8 Å². The number of hydrogen-bond donors (Lipinski definition) is 0. The van der Waals surface area contributed by atoms with E-state index in [0.29, 0.717) is 6.42 Å². The van der Waals surface area contributed by atoms with Crippen LogP contribution in [0.1, 0.15) is 51.9 Å². The molecule has 0 heterocycles. The summed E-state index contributed by atoms with van der Waals surface area (Å²) in [6.45, 7) is 2.22. The fraction of sp³-hybridized carbons (Fsp3) is 0.500. The molecule has 0 unspecified atom stereocenters. The van der Waals surface area contributed by atoms with E-state index in [1.165, 1.54) is 30.6 Å². The minimum Gasteiger partial charge on any atom is -0.303 e. The summed E-state index contributed by atoms with van der Waals surface area (Å²) in [6.07, 6.45) is 11.7. The number of rotatable bonds is 6. The molecule has 0 atom stereocenters. The van der Waals surface area contributed by atoms with Gasteiger partial charge in [0.15, 0.2) is 0 Å². The molecule has 0 spiro atoms. The molecule has 0 amide bonds. The molecular weight excluding hydrogens is 264 g/mol. The number of unbranched alkanes of at least 4 members (excludes halogenated alkanes) is 2. The van der Waals surface area contributed by atoms with Crippen LogP contribution in [-0.2, 0) is 4.79 Å². The molecule has 110 valence electrons. The summed E-state index contributed by atoms with van der Waals surface area (Å²) in [6, 6.07) is 10.4. The van der Waals surface area contributed by atoms with E-state index >= 15 is 0 Å². The van der Waals surface area contributed by atoms with Gasteiger partial charge in [0, 0.05) is 11.3 Å². The van der Waals surface area contributed by atoms with Crippen LogP contribution < -0.4 is 0 Å². The molecule has 0 radical (unpaired) electrons. The van der Waals surface area contributed by atoms with Gasteiger partial charge in [-0.3, -0.25) is 0 Å². The van der Waals surface area contributed by atoms with E-state index in [4.69, 9.17) is 0 Å². The molecular formula is C18H26OS. The minimum atomic E-state index is 0.704. The molecule has 20 heavy (non-hydrogen) atoms. The molecule has 1 nitrogen and oxygen atoms in total. The Bertz CT molecular complexity index is 384. The van der Waals surface area contributed by atoms with Crippen LogP contribution >= 0.6 is 11.8 Å². The first-order chi connectivity index (χ1) is 9.83. The van der Waals surface area contributed by atoms with Gasteiger partial charge in [0.2, 0.25) is 0 Å². The van der Waals surface area contributed by atoms with E-state index in [2.05, 4.69) is 25.1 Å². The molecule has 0 bridgehead atoms. The Morgan fingerprint density at radius 1 is 1.15 bits per heavy atom. The molecule has 2 rings (SSSR count). The predicted molar refractivity (Wildman–Crippen MR) is 89.3 cm³/mol. The van der Waals surface area contributed by atoms with Gasteiger partial charge >= 0.3 is 0 Å². The highest BCUT2D eigenvalue weighted by molar-refractivity contribution is 7.99. The monoisotopic (exact) mass is 290 g/mol. The predicted octanol–water partition coefficient (Wildman–Crippen LogP) is 5.65. The van der Waals surface area contributed by atoms with Gasteiger partial charge in [-0.1, -0.05) is 29.8 Å². The van der Waals surface area contributed by atoms with E-state index in [9.17, 15) is 4.79 Å². The van der Waals surface area contributed by atoms with Gasteiger partial charge in [-0.2, -0.15) is 0 Å². The fourth-order valence-electron chi connectivity index (χ4n) is 2.04. The van der Waals surface area contributed by atoms with E-state index in [-0.39, 0.29) is 0 Å². The summed E-state index contributed by atoms with van der Waals surface area (Å²) in [4.78, 5) is 11.3. The highest BCUT2D eigenvalue weighted by Gasteiger charge is 1.95. The fourth-order valence-corrected chi connectivity index (χ4v) is 2.97. The average Bonchev–Trinajstić information content (AvgIpc) is 2.50. The van der Waals surface area contributed by atoms with Crippen molar-refractivity contribution in [1.29, 1.82) is 0 Å². The summed E-state index contributed by atoms with van der Waals surface area (Å²) in [7, 11) is 0. The summed E-state index contributed by atoms with van der Waals surface area (Å²) >= 11 is 1.85. The largest absolute Gasteiger partial charge is 0.303 e. The van der Waals surface area contributed by atoms with Crippen molar-refractivity contribution in [3.05, 3.63) is 42.0 Å². The van der Waals surface area contributed by atoms with Crippen LogP contribution in [0.4, 0.5) is 0 Å². The number of allylic oxidation sites excluding steroid dienone is 2. The third kappa shape index (κ3) is 8.98. The van der Waals surface area contributed by atoms with Crippen molar-refractivity contribution in [2.24, 2.45) is 0 Å². The first-order valence-electron chi connectivity index (χ1n) is 7.60. The number of carbonyl (C=O) groups is 1. The second kappa shape index (κ2) is 11.8. The molecule has 1 aromatic rings. The Morgan fingerprint density at radius 3 is 2.50 bits per heavy atom. The maximum atomic E-state index is 10.0. The molecule has 0 aliphatic heterocycles. The van der Waals surface area contributed by atoms with Crippen LogP contribution in [-0.4, -0.2) is 12.0 Å². The first-order valence-corrected chi connectivity index (χ1v) is 8.58. The Hall–Kier alpha value is -1.02. The maximum Gasteiger partial charge on any atom is 0.119 e. The molecule has 0 fully saturated rings. The normalized spacial score (nSPS) is 13.9. The summed E-state index contributed by atoms with van der Waals surface area (Å²) in [5, 5.41) is 0. The van der Waals surface area contributed by atoms with Crippen LogP contribution in [0.15, 0.2) is 46.9 Å². The quantitative estimate of drug-likeness (QED) is 0.291. The second-order valence-electron chi connectivity index (χ2n) is 5.12. The molecule has 2 heteroatoms. The lowest BCUT2D eigenvalue weighted by Crippen LogP contribution is -1.85. The molecule has 0 N–H and O–H groups in total. The third-order valence-electron chi connectivity index (χ3n) is 3.25. The summed E-state index contributed by atoms with van der Waals surface area (Å²) in [5.74, 6) is 1.11. The Kier molecular flexibility index (Phi) is 10.0. The maximum absolute atomic E-state index is 10.0. The van der Waals surface area contributed by atoms with E-state index in [0.717, 1.165) is 24.9 Å². The van der Waals surface area contributed by atoms with Crippen LogP contribution in [0.25, 0.3) is 0 Å². The third-order valence-corrected chi connectivity index (χ3v) is 4.34. The van der Waals surface area contributed by atoms with Crippen LogP contribution in [0.3, 0.4) is 0 Å². The SMILES string of the molecule is CC1=CCCCC1.O=CCCCCSc1ccccc1. The molecule has 1 aliphatic rings. The van der Waals surface area contributed by atoms with Crippen molar-refractivity contribution in [2.45, 2.75) is 56.8 Å². The second-order valence-corrected chi connectivity index (χ2v) is 6.29. The smallest absolute Gasteiger partial charge is 0.119 e. The molecule has 1 aromatic carbocycles. The van der Waals surface area contributed by atoms with Crippen molar-refractivity contribution in [2.75, 3.05) is 5.75 Å². The minimum absolute atomic E-state index is 0.704. The zero-order valence-electron chi connectivity index (χ0n) is 12.5. The summed E-state index contributed by atoms with van der Waals surface area (Å²) in [5.41, 5.74) is 1.59. The lowest BCUT2D eigenvalue weighted by molar-refractivity contribution is -0.107. The van der Waals surface area contributed by atoms with Crippen LogP contribution in [0.5, 0.6) is 0 Å². The van der Waals surface area contributed by atoms with E-state index in [1.807, 2.05) is 30.0 Å². The van der Waals surface area contributed by atoms with Crippen molar-refractivity contribution in [1.82, 2.24) is 0 Å². The van der Waals surface area contributed by atoms with Gasteiger partial charge in [-0.05, 0) is 63.3 Å². The highest BCUT2D eigenvalue weighted by Crippen LogP contribution is 2.18. The van der Waals surface area contributed by atoms with Crippen molar-refractivity contribution in [3.63, 3.8) is 0 Å². The zero-order valence-corrected chi connectivity index (χ0v) is 13.3. The van der Waals surface area contributed by atoms with Gasteiger partial charge in [-0.25, -0.2) is 0 Å². The average molecular weight is 290 g/mol. The van der Waals surface area contributed by atoms with Gasteiger partial charge in [0.1, 0.15) is 6.29 Å². The van der Waals surface area contributed by atoms with Crippen molar-refractivity contribution < 1.29 is 4.79 Å². The van der Waals surface area contributed by atoms with E-state index in [1.54, 1.807) is 5.57 Å². The van der Waals surface area contributed by atoms with Gasteiger partial charge < -0.3 is 4.79 Å². The Balaban J connectivity index is 0.000000240. The zero-order chi connectivity index (χ0) is 14.5. The lowest BCUT2D eigenvalue weighted by Gasteiger charge is -2.05. The molecule has 1 aliphatic carbocycles. The number of benzene rings is 1. The number of carbonyl (C=O) groups excluding carboxylic acids is 1. The van der Waals surface area contributed by atoms with Crippen LogP contribution in [0, 0.1) is 0 Å². The van der Waals surface area contributed by atoms with Gasteiger partial charge in [0.05, 0.1) is 0 Å². The Labute approximate surface area is 127 Å². The first kappa shape index (κ1) is 17.0. The number of hydrogen-bond acceptors (Lipinski definition) is 2. The lowest BCUT2D eigenvalue weighted by atomic mass is 10.0. The van der Waals surface area contributed by atoms with Crippen molar-refractivity contribution in [3.8, 4) is 0 Å². The molecule has 0 aromatic heterocycles. The highest BCUT2D eigenvalue weighted by atomic mass is 32.2. The topological polar surface area (TPSA) is 17.1 Å². The van der Waals surface area contributed by atoms with Gasteiger partial charge in [0.25, 0.3) is 0 Å². The molecule has 0 saturated heterocycles. The summed E-state index contributed by atoms with van der Waals surface area (Å²) < 4.78 is 0. The van der Waals surface area contributed by atoms with Crippen molar-refractivity contribution >= 4 is 18.0 Å². The molecule has 0 saturated carbocycles.